The zero-order chi connectivity index (χ0) is 24.9. The maximum atomic E-state index is 13.9. The van der Waals surface area contributed by atoms with Gasteiger partial charge in [0.25, 0.3) is 5.91 Å². The lowest BCUT2D eigenvalue weighted by atomic mass is 9.85. The van der Waals surface area contributed by atoms with Crippen LogP contribution in [0.5, 0.6) is 0 Å². The van der Waals surface area contributed by atoms with Gasteiger partial charge < -0.3 is 20.0 Å². The van der Waals surface area contributed by atoms with E-state index in [1.807, 2.05) is 24.3 Å². The normalized spacial score (nSPS) is 18.2. The summed E-state index contributed by atoms with van der Waals surface area (Å²) in [6, 6.07) is 18.8. The summed E-state index contributed by atoms with van der Waals surface area (Å²) >= 11 is 0. The number of rotatable bonds is 6. The number of para-hydroxylation sites is 1. The Balaban J connectivity index is 1.54. The standard InChI is InChI=1S/C29H31N3O4/c33-27(30-21-14-5-6-15-21)26(25-18-9-19-36-25)32(24-17-8-11-20-10-4-7-16-23(20)24)29(35)28(34)31-22-12-2-1-3-13-22/h1-4,7,9-10,12-13,16,18-19,21,24,26H,5-6,8,11,14-15,17H2,(H,30,33)(H,31,34). The van der Waals surface area contributed by atoms with E-state index in [-0.39, 0.29) is 11.9 Å². The first-order valence-corrected chi connectivity index (χ1v) is 12.7. The Hall–Kier alpha value is -3.87. The fourth-order valence-corrected chi connectivity index (χ4v) is 5.47. The SMILES string of the molecule is O=C(Nc1ccccc1)C(=O)N(C1CCCc2ccccc21)C(C(=O)NC1CCCC1)c1ccco1. The van der Waals surface area contributed by atoms with Gasteiger partial charge in [-0.2, -0.15) is 0 Å². The Morgan fingerprint density at radius 3 is 2.36 bits per heavy atom. The smallest absolute Gasteiger partial charge is 0.313 e. The lowest BCUT2D eigenvalue weighted by molar-refractivity contribution is -0.151. The average Bonchev–Trinajstić information content (AvgIpc) is 3.62. The molecule has 0 aliphatic heterocycles. The van der Waals surface area contributed by atoms with Crippen LogP contribution in [0.1, 0.15) is 67.5 Å². The van der Waals surface area contributed by atoms with Crippen LogP contribution in [0.25, 0.3) is 0 Å². The molecule has 7 nitrogen and oxygen atoms in total. The number of hydrogen-bond donors (Lipinski definition) is 2. The molecule has 1 saturated carbocycles. The second kappa shape index (κ2) is 10.8. The van der Waals surface area contributed by atoms with Gasteiger partial charge in [0, 0.05) is 11.7 Å². The molecular formula is C29H31N3O4. The van der Waals surface area contributed by atoms with Crippen LogP contribution in [0.4, 0.5) is 5.69 Å². The molecular weight excluding hydrogens is 454 g/mol. The molecule has 0 saturated heterocycles. The largest absolute Gasteiger partial charge is 0.467 e. The minimum Gasteiger partial charge on any atom is -0.467 e. The number of amides is 3. The van der Waals surface area contributed by atoms with Gasteiger partial charge in [-0.1, -0.05) is 55.3 Å². The summed E-state index contributed by atoms with van der Waals surface area (Å²) in [5.41, 5.74) is 2.61. The molecule has 1 aromatic heterocycles. The maximum absolute atomic E-state index is 13.9. The van der Waals surface area contributed by atoms with Crippen molar-refractivity contribution in [2.45, 2.75) is 63.1 Å². The summed E-state index contributed by atoms with van der Waals surface area (Å²) in [5, 5.41) is 5.83. The van der Waals surface area contributed by atoms with Crippen LogP contribution in [-0.4, -0.2) is 28.7 Å². The van der Waals surface area contributed by atoms with Gasteiger partial charge >= 0.3 is 11.8 Å². The zero-order valence-electron chi connectivity index (χ0n) is 20.2. The van der Waals surface area contributed by atoms with Crippen LogP contribution in [0.3, 0.4) is 0 Å². The van der Waals surface area contributed by atoms with Crippen molar-refractivity contribution in [3.63, 3.8) is 0 Å². The van der Waals surface area contributed by atoms with Gasteiger partial charge in [-0.3, -0.25) is 14.4 Å². The van der Waals surface area contributed by atoms with Crippen molar-refractivity contribution >= 4 is 23.4 Å². The van der Waals surface area contributed by atoms with E-state index in [0.29, 0.717) is 17.9 Å². The number of carbonyl (C=O) groups excluding carboxylic acids is 3. The number of furan rings is 1. The molecule has 3 amide bonds. The lowest BCUT2D eigenvalue weighted by Gasteiger charge is -2.39. The number of carbonyl (C=O) groups is 3. The fraction of sp³-hybridized carbons (Fsp3) is 0.345. The second-order valence-corrected chi connectivity index (χ2v) is 9.55. The number of benzene rings is 2. The van der Waals surface area contributed by atoms with Crippen molar-refractivity contribution in [3.05, 3.63) is 89.9 Å². The van der Waals surface area contributed by atoms with Crippen LogP contribution in [0.15, 0.2) is 77.4 Å². The third kappa shape index (κ3) is 5.05. The highest BCUT2D eigenvalue weighted by atomic mass is 16.3. The van der Waals surface area contributed by atoms with Gasteiger partial charge in [0.05, 0.1) is 12.3 Å². The molecule has 1 heterocycles. The molecule has 186 valence electrons. The minimum atomic E-state index is -1.06. The van der Waals surface area contributed by atoms with Gasteiger partial charge in [0.2, 0.25) is 0 Å². The maximum Gasteiger partial charge on any atom is 0.313 e. The van der Waals surface area contributed by atoms with Crippen molar-refractivity contribution in [1.29, 1.82) is 0 Å². The Morgan fingerprint density at radius 2 is 1.61 bits per heavy atom. The average molecular weight is 486 g/mol. The fourth-order valence-electron chi connectivity index (χ4n) is 5.47. The molecule has 1 fully saturated rings. The molecule has 2 N–H and O–H groups in total. The topological polar surface area (TPSA) is 91.7 Å². The van der Waals surface area contributed by atoms with E-state index >= 15 is 0 Å². The Bertz CT molecular complexity index is 1200. The third-order valence-corrected chi connectivity index (χ3v) is 7.17. The molecule has 3 aromatic rings. The first kappa shape index (κ1) is 23.9. The summed E-state index contributed by atoms with van der Waals surface area (Å²) in [5.74, 6) is -1.52. The Labute approximate surface area is 210 Å². The van der Waals surface area contributed by atoms with Crippen molar-refractivity contribution in [1.82, 2.24) is 10.2 Å². The number of nitrogens with one attached hydrogen (secondary N) is 2. The van der Waals surface area contributed by atoms with E-state index in [1.165, 1.54) is 11.2 Å². The van der Waals surface area contributed by atoms with Crippen LogP contribution in [-0.2, 0) is 20.8 Å². The van der Waals surface area contributed by atoms with E-state index < -0.39 is 23.9 Å². The van der Waals surface area contributed by atoms with Gasteiger partial charge in [0.1, 0.15) is 5.76 Å². The van der Waals surface area contributed by atoms with Crippen LogP contribution in [0, 0.1) is 0 Å². The molecule has 2 unspecified atom stereocenters. The summed E-state index contributed by atoms with van der Waals surface area (Å²) < 4.78 is 5.70. The summed E-state index contributed by atoms with van der Waals surface area (Å²) in [7, 11) is 0. The van der Waals surface area contributed by atoms with E-state index in [2.05, 4.69) is 16.7 Å². The molecule has 2 aromatic carbocycles. The van der Waals surface area contributed by atoms with Gasteiger partial charge in [-0.25, -0.2) is 0 Å². The summed E-state index contributed by atoms with van der Waals surface area (Å²) in [6.07, 6.45) is 7.83. The zero-order valence-corrected chi connectivity index (χ0v) is 20.2. The third-order valence-electron chi connectivity index (χ3n) is 7.17. The second-order valence-electron chi connectivity index (χ2n) is 9.55. The molecule has 5 rings (SSSR count). The van der Waals surface area contributed by atoms with Crippen molar-refractivity contribution in [2.75, 3.05) is 5.32 Å². The first-order valence-electron chi connectivity index (χ1n) is 12.7. The van der Waals surface area contributed by atoms with Gasteiger partial charge in [-0.15, -0.1) is 0 Å². The number of nitrogens with zero attached hydrogens (tertiary/aromatic N) is 1. The number of fused-ring (bicyclic) bond motifs is 1. The van der Waals surface area contributed by atoms with Crippen molar-refractivity contribution < 1.29 is 18.8 Å². The number of aryl methyl sites for hydroxylation is 1. The predicted octanol–water partition coefficient (Wildman–Crippen LogP) is 4.92. The molecule has 7 heteroatoms. The first-order chi connectivity index (χ1) is 17.6. The summed E-state index contributed by atoms with van der Waals surface area (Å²) in [6.45, 7) is 0. The van der Waals surface area contributed by atoms with E-state index in [9.17, 15) is 14.4 Å². The van der Waals surface area contributed by atoms with Crippen LogP contribution in [0.2, 0.25) is 0 Å². The molecule has 36 heavy (non-hydrogen) atoms. The molecule has 0 bridgehead atoms. The predicted molar refractivity (Wildman–Crippen MR) is 136 cm³/mol. The lowest BCUT2D eigenvalue weighted by Crippen LogP contribution is -2.50. The van der Waals surface area contributed by atoms with E-state index in [1.54, 1.807) is 36.4 Å². The monoisotopic (exact) mass is 485 g/mol. The minimum absolute atomic E-state index is 0.0590. The van der Waals surface area contributed by atoms with E-state index in [4.69, 9.17) is 4.42 Å². The van der Waals surface area contributed by atoms with Crippen molar-refractivity contribution in [3.8, 4) is 0 Å². The molecule has 0 radical (unpaired) electrons. The molecule has 2 atom stereocenters. The highest BCUT2D eigenvalue weighted by Gasteiger charge is 2.43. The van der Waals surface area contributed by atoms with Crippen molar-refractivity contribution in [2.24, 2.45) is 0 Å². The summed E-state index contributed by atoms with van der Waals surface area (Å²) in [4.78, 5) is 42.4. The Kier molecular flexibility index (Phi) is 7.16. The number of hydrogen-bond acceptors (Lipinski definition) is 4. The van der Waals surface area contributed by atoms with Crippen LogP contribution < -0.4 is 10.6 Å². The highest BCUT2D eigenvalue weighted by Crippen LogP contribution is 2.40. The van der Waals surface area contributed by atoms with Gasteiger partial charge in [0.15, 0.2) is 6.04 Å². The van der Waals surface area contributed by atoms with E-state index in [0.717, 1.165) is 49.7 Å². The molecule has 0 spiro atoms. The molecule has 2 aliphatic rings. The Morgan fingerprint density at radius 1 is 0.861 bits per heavy atom. The van der Waals surface area contributed by atoms with Gasteiger partial charge in [-0.05, 0) is 67.5 Å². The van der Waals surface area contributed by atoms with Crippen LogP contribution >= 0.6 is 0 Å². The molecule has 2 aliphatic carbocycles. The number of anilines is 1. The highest BCUT2D eigenvalue weighted by molar-refractivity contribution is 6.40. The quantitative estimate of drug-likeness (QED) is 0.485.